The molecule has 0 aliphatic carbocycles. The second-order valence-corrected chi connectivity index (χ2v) is 8.67. The highest BCUT2D eigenvalue weighted by molar-refractivity contribution is 14.1. The molecule has 8 nitrogen and oxygen atoms in total. The van der Waals surface area contributed by atoms with Gasteiger partial charge in [0.05, 0.1) is 21.8 Å². The molecule has 4 rings (SSSR count). The first-order valence-corrected chi connectivity index (χ1v) is 11.6. The zero-order valence-corrected chi connectivity index (χ0v) is 20.8. The Morgan fingerprint density at radius 2 is 1.80 bits per heavy atom. The second-order valence-electron chi connectivity index (χ2n) is 7.51. The van der Waals surface area contributed by atoms with Gasteiger partial charge < -0.3 is 9.47 Å². The molecule has 0 aliphatic rings. The maximum Gasteiger partial charge on any atom is 0.271 e. The number of non-ortho nitro benzene ring substituents is 1. The van der Waals surface area contributed by atoms with Crippen LogP contribution in [0.25, 0.3) is 10.8 Å². The van der Waals surface area contributed by atoms with Crippen LogP contribution < -0.4 is 14.9 Å². The lowest BCUT2D eigenvalue weighted by atomic mass is 10.1. The summed E-state index contributed by atoms with van der Waals surface area (Å²) in [5, 5.41) is 16.9. The number of hydrazone groups is 1. The predicted molar refractivity (Wildman–Crippen MR) is 142 cm³/mol. The number of amides is 1. The number of methoxy groups -OCH3 is 1. The Bertz CT molecular complexity index is 1420. The molecule has 1 amide bonds. The SMILES string of the molecule is COc1cc(/C=N\NC(=O)c2ccc3ccccc3c2)cc(I)c1OCc1ccc([N+](=O)[O-])cc1. The van der Waals surface area contributed by atoms with Crippen molar-refractivity contribution >= 4 is 51.2 Å². The molecule has 0 unspecified atom stereocenters. The van der Waals surface area contributed by atoms with E-state index >= 15 is 0 Å². The summed E-state index contributed by atoms with van der Waals surface area (Å²) in [6.07, 6.45) is 1.53. The van der Waals surface area contributed by atoms with Gasteiger partial charge in [-0.15, -0.1) is 0 Å². The van der Waals surface area contributed by atoms with Crippen LogP contribution in [-0.2, 0) is 6.61 Å². The van der Waals surface area contributed by atoms with Crippen molar-refractivity contribution in [1.29, 1.82) is 0 Å². The molecule has 9 heteroatoms. The van der Waals surface area contributed by atoms with Crippen LogP contribution in [0.1, 0.15) is 21.5 Å². The van der Waals surface area contributed by atoms with Crippen LogP contribution in [0, 0.1) is 13.7 Å². The molecule has 35 heavy (non-hydrogen) atoms. The van der Waals surface area contributed by atoms with Crippen molar-refractivity contribution in [2.45, 2.75) is 6.61 Å². The summed E-state index contributed by atoms with van der Waals surface area (Å²) in [6, 6.07) is 23.1. The zero-order valence-electron chi connectivity index (χ0n) is 18.6. The van der Waals surface area contributed by atoms with E-state index in [0.717, 1.165) is 19.9 Å². The van der Waals surface area contributed by atoms with Crippen LogP contribution in [0.5, 0.6) is 11.5 Å². The van der Waals surface area contributed by atoms with Crippen molar-refractivity contribution in [2.75, 3.05) is 7.11 Å². The number of nitro groups is 1. The van der Waals surface area contributed by atoms with Gasteiger partial charge in [0, 0.05) is 17.7 Å². The predicted octanol–water partition coefficient (Wildman–Crippen LogP) is 5.70. The fraction of sp³-hybridized carbons (Fsp3) is 0.0769. The second kappa shape index (κ2) is 11.0. The monoisotopic (exact) mass is 581 g/mol. The molecule has 0 radical (unpaired) electrons. The summed E-state index contributed by atoms with van der Waals surface area (Å²) >= 11 is 2.13. The summed E-state index contributed by atoms with van der Waals surface area (Å²) in [7, 11) is 1.53. The van der Waals surface area contributed by atoms with Crippen LogP contribution >= 0.6 is 22.6 Å². The van der Waals surface area contributed by atoms with Gasteiger partial charge in [0.15, 0.2) is 11.5 Å². The highest BCUT2D eigenvalue weighted by atomic mass is 127. The van der Waals surface area contributed by atoms with Crippen LogP contribution in [0.4, 0.5) is 5.69 Å². The number of nitro benzene ring substituents is 1. The van der Waals surface area contributed by atoms with Crippen molar-refractivity contribution in [3.63, 3.8) is 0 Å². The molecular weight excluding hydrogens is 561 g/mol. The summed E-state index contributed by atoms with van der Waals surface area (Å²) in [5.41, 5.74) is 4.60. The third-order valence-corrected chi connectivity index (χ3v) is 5.97. The van der Waals surface area contributed by atoms with Gasteiger partial charge in [-0.1, -0.05) is 30.3 Å². The van der Waals surface area contributed by atoms with Crippen molar-refractivity contribution in [3.8, 4) is 11.5 Å². The molecule has 0 atom stereocenters. The van der Waals surface area contributed by atoms with E-state index in [-0.39, 0.29) is 18.2 Å². The summed E-state index contributed by atoms with van der Waals surface area (Å²) < 4.78 is 12.2. The number of nitrogens with zero attached hydrogens (tertiary/aromatic N) is 2. The number of ether oxygens (including phenoxy) is 2. The van der Waals surface area contributed by atoms with Crippen molar-refractivity contribution in [1.82, 2.24) is 5.43 Å². The van der Waals surface area contributed by atoms with E-state index in [1.165, 1.54) is 25.5 Å². The van der Waals surface area contributed by atoms with Crippen LogP contribution in [0.15, 0.2) is 84.0 Å². The molecule has 0 fully saturated rings. The molecule has 0 saturated carbocycles. The van der Waals surface area contributed by atoms with Gasteiger partial charge in [-0.25, -0.2) is 5.43 Å². The van der Waals surface area contributed by atoms with Gasteiger partial charge in [0.25, 0.3) is 11.6 Å². The first-order chi connectivity index (χ1) is 16.9. The highest BCUT2D eigenvalue weighted by Crippen LogP contribution is 2.34. The van der Waals surface area contributed by atoms with E-state index in [9.17, 15) is 14.9 Å². The average Bonchev–Trinajstić information content (AvgIpc) is 2.87. The van der Waals surface area contributed by atoms with Gasteiger partial charge in [-0.05, 0) is 80.9 Å². The standard InChI is InChI=1S/C26H20IN3O5/c1-34-24-13-18(12-23(27)25(24)35-16-17-6-10-22(11-7-17)30(32)33)15-28-29-26(31)21-9-8-19-4-2-3-5-20(19)14-21/h2-15H,16H2,1H3,(H,29,31)/b28-15-. The van der Waals surface area contributed by atoms with Crippen LogP contribution in [0.2, 0.25) is 0 Å². The molecule has 4 aromatic rings. The number of benzene rings is 4. The van der Waals surface area contributed by atoms with E-state index < -0.39 is 4.92 Å². The number of rotatable bonds is 8. The highest BCUT2D eigenvalue weighted by Gasteiger charge is 2.12. The molecule has 1 N–H and O–H groups in total. The Morgan fingerprint density at radius 1 is 1.06 bits per heavy atom. The first kappa shape index (κ1) is 24.1. The quantitative estimate of drug-likeness (QED) is 0.124. The van der Waals surface area contributed by atoms with Crippen LogP contribution in [-0.4, -0.2) is 24.2 Å². The summed E-state index contributed by atoms with van der Waals surface area (Å²) in [6.45, 7) is 0.222. The third kappa shape index (κ3) is 5.93. The van der Waals surface area contributed by atoms with Crippen molar-refractivity contribution < 1.29 is 19.2 Å². The number of hydrogen-bond acceptors (Lipinski definition) is 6. The van der Waals surface area contributed by atoms with Crippen molar-refractivity contribution in [2.24, 2.45) is 5.10 Å². The Kier molecular flexibility index (Phi) is 7.56. The summed E-state index contributed by atoms with van der Waals surface area (Å²) in [5.74, 6) is 0.738. The van der Waals surface area contributed by atoms with Crippen LogP contribution in [0.3, 0.4) is 0 Å². The topological polar surface area (TPSA) is 103 Å². The number of halogens is 1. The molecule has 0 heterocycles. The first-order valence-electron chi connectivity index (χ1n) is 10.5. The smallest absolute Gasteiger partial charge is 0.271 e. The number of nitrogens with one attached hydrogen (secondary N) is 1. The maximum atomic E-state index is 12.5. The van der Waals surface area contributed by atoms with Gasteiger partial charge in [-0.2, -0.15) is 5.10 Å². The van der Waals surface area contributed by atoms with Gasteiger partial charge in [0.1, 0.15) is 6.61 Å². The lowest BCUT2D eigenvalue weighted by Crippen LogP contribution is -2.17. The third-order valence-electron chi connectivity index (χ3n) is 5.17. The summed E-state index contributed by atoms with van der Waals surface area (Å²) in [4.78, 5) is 22.9. The molecule has 0 spiro atoms. The molecule has 0 aromatic heterocycles. The van der Waals surface area contributed by atoms with E-state index in [2.05, 4.69) is 33.1 Å². The van der Waals surface area contributed by atoms with E-state index in [4.69, 9.17) is 9.47 Å². The number of carbonyl (C=O) groups is 1. The zero-order chi connectivity index (χ0) is 24.8. The number of carbonyl (C=O) groups excluding carboxylic acids is 1. The van der Waals surface area contributed by atoms with E-state index in [0.29, 0.717) is 22.6 Å². The Hall–Kier alpha value is -3.99. The molecule has 0 aliphatic heterocycles. The van der Waals surface area contributed by atoms with Gasteiger partial charge in [-0.3, -0.25) is 14.9 Å². The number of fused-ring (bicyclic) bond motifs is 1. The lowest BCUT2D eigenvalue weighted by Gasteiger charge is -2.13. The minimum Gasteiger partial charge on any atom is -0.493 e. The average molecular weight is 581 g/mol. The Balaban J connectivity index is 1.42. The number of hydrogen-bond donors (Lipinski definition) is 1. The molecule has 0 saturated heterocycles. The largest absolute Gasteiger partial charge is 0.493 e. The van der Waals surface area contributed by atoms with E-state index in [1.807, 2.05) is 42.5 Å². The van der Waals surface area contributed by atoms with Gasteiger partial charge in [0.2, 0.25) is 0 Å². The maximum absolute atomic E-state index is 12.5. The Labute approximate surface area is 214 Å². The van der Waals surface area contributed by atoms with E-state index in [1.54, 1.807) is 24.3 Å². The fourth-order valence-electron chi connectivity index (χ4n) is 3.38. The normalized spacial score (nSPS) is 10.9. The Morgan fingerprint density at radius 3 is 2.51 bits per heavy atom. The molecule has 0 bridgehead atoms. The lowest BCUT2D eigenvalue weighted by molar-refractivity contribution is -0.384. The van der Waals surface area contributed by atoms with Crippen molar-refractivity contribution in [3.05, 3.63) is 109 Å². The fourth-order valence-corrected chi connectivity index (χ4v) is 4.17. The molecular formula is C26H20IN3O5. The minimum absolute atomic E-state index is 0.0252. The minimum atomic E-state index is -0.443. The van der Waals surface area contributed by atoms with Gasteiger partial charge >= 0.3 is 0 Å². The molecule has 176 valence electrons. The molecule has 4 aromatic carbocycles.